The number of hydrogen-bond donors (Lipinski definition) is 0. The number of carbonyl (C=O) groups is 2. The molecule has 5 rings (SSSR count). The largest absolute Gasteiger partial charge is 0.349 e. The molecule has 1 aliphatic carbocycles. The summed E-state index contributed by atoms with van der Waals surface area (Å²) in [7, 11) is 0. The van der Waals surface area contributed by atoms with E-state index in [9.17, 15) is 9.59 Å². The second kappa shape index (κ2) is 9.56. The average Bonchev–Trinajstić information content (AvgIpc) is 2.85. The van der Waals surface area contributed by atoms with Crippen LogP contribution in [0.2, 0.25) is 5.02 Å². The van der Waals surface area contributed by atoms with Gasteiger partial charge >= 0.3 is 0 Å². The maximum atomic E-state index is 13.8. The highest BCUT2D eigenvalue weighted by Crippen LogP contribution is 2.48. The third-order valence-electron chi connectivity index (χ3n) is 8.43. The standard InChI is InChI=1S/C30H33ClN4O2/c1-6-20-11-8-9-14-22(20)26-24(31)15-23-27(32-26)30(5,21-12-10-13-21)29(37)33-28(23)35-17-18(3)34(16-19(35)4)25(36)7-2/h6-9,11,14-15,18-19,21H,1-2,10,12-13,16-17H2,3-5H3. The summed E-state index contributed by atoms with van der Waals surface area (Å²) in [5.41, 5.74) is 3.21. The minimum absolute atomic E-state index is 0.0486. The van der Waals surface area contributed by atoms with Gasteiger partial charge in [-0.3, -0.25) is 9.59 Å². The summed E-state index contributed by atoms with van der Waals surface area (Å²) in [6, 6.07) is 9.69. The van der Waals surface area contributed by atoms with Crippen LogP contribution in [0.3, 0.4) is 0 Å². The van der Waals surface area contributed by atoms with Gasteiger partial charge in [-0.15, -0.1) is 0 Å². The highest BCUT2D eigenvalue weighted by atomic mass is 35.5. The number of amidine groups is 1. The molecule has 0 radical (unpaired) electrons. The molecule has 7 heteroatoms. The van der Waals surface area contributed by atoms with Crippen molar-refractivity contribution in [1.82, 2.24) is 14.8 Å². The Bertz CT molecular complexity index is 1330. The van der Waals surface area contributed by atoms with Crippen LogP contribution in [0, 0.1) is 5.92 Å². The van der Waals surface area contributed by atoms with E-state index in [1.54, 1.807) is 6.08 Å². The van der Waals surface area contributed by atoms with Crippen LogP contribution in [0.25, 0.3) is 17.3 Å². The van der Waals surface area contributed by atoms with E-state index >= 15 is 0 Å². The summed E-state index contributed by atoms with van der Waals surface area (Å²) >= 11 is 6.92. The first-order valence-electron chi connectivity index (χ1n) is 13.0. The SMILES string of the molecule is C=CC(=O)N1CC(C)N(C2=NC(=O)C(C)(C3CCC3)c3nc(-c4ccccc4C=C)c(Cl)cc32)CC1C. The van der Waals surface area contributed by atoms with Crippen molar-refractivity contribution in [1.29, 1.82) is 0 Å². The number of halogens is 1. The van der Waals surface area contributed by atoms with Crippen LogP contribution >= 0.6 is 11.6 Å². The Balaban J connectivity index is 1.65. The van der Waals surface area contributed by atoms with E-state index in [-0.39, 0.29) is 29.8 Å². The lowest BCUT2D eigenvalue weighted by molar-refractivity contribution is -0.131. The van der Waals surface area contributed by atoms with Crippen molar-refractivity contribution in [2.45, 2.75) is 57.5 Å². The number of hydrogen-bond acceptors (Lipinski definition) is 4. The van der Waals surface area contributed by atoms with Crippen LogP contribution in [0.4, 0.5) is 0 Å². The minimum atomic E-state index is -0.810. The molecule has 2 amide bonds. The Morgan fingerprint density at radius 1 is 1.14 bits per heavy atom. The zero-order valence-electron chi connectivity index (χ0n) is 21.7. The molecule has 192 valence electrons. The molecular weight excluding hydrogens is 484 g/mol. The molecule has 1 aromatic heterocycles. The van der Waals surface area contributed by atoms with E-state index in [1.807, 2.05) is 56.0 Å². The maximum absolute atomic E-state index is 13.8. The third-order valence-corrected chi connectivity index (χ3v) is 8.72. The van der Waals surface area contributed by atoms with Gasteiger partial charge in [0.15, 0.2) is 0 Å². The highest BCUT2D eigenvalue weighted by Gasteiger charge is 2.51. The number of amides is 2. The lowest BCUT2D eigenvalue weighted by Gasteiger charge is -2.48. The van der Waals surface area contributed by atoms with Crippen molar-refractivity contribution in [3.05, 3.63) is 71.4 Å². The molecule has 1 saturated carbocycles. The number of nitrogens with zero attached hydrogens (tertiary/aromatic N) is 4. The predicted octanol–water partition coefficient (Wildman–Crippen LogP) is 5.50. The fraction of sp³-hybridized carbons (Fsp3) is 0.400. The van der Waals surface area contributed by atoms with E-state index in [4.69, 9.17) is 21.6 Å². The quantitative estimate of drug-likeness (QED) is 0.503. The van der Waals surface area contributed by atoms with Gasteiger partial charge in [0, 0.05) is 36.3 Å². The minimum Gasteiger partial charge on any atom is -0.349 e. The second-order valence-electron chi connectivity index (χ2n) is 10.6. The summed E-state index contributed by atoms with van der Waals surface area (Å²) in [6.45, 7) is 14.7. The number of aliphatic imine (C=N–C) groups is 1. The summed E-state index contributed by atoms with van der Waals surface area (Å²) in [5.74, 6) is 0.550. The Labute approximate surface area is 223 Å². The van der Waals surface area contributed by atoms with Crippen LogP contribution < -0.4 is 0 Å². The van der Waals surface area contributed by atoms with E-state index in [1.165, 1.54) is 6.08 Å². The van der Waals surface area contributed by atoms with Crippen LogP contribution in [-0.4, -0.2) is 57.6 Å². The van der Waals surface area contributed by atoms with Gasteiger partial charge in [-0.1, -0.05) is 61.5 Å². The molecule has 1 saturated heterocycles. The van der Waals surface area contributed by atoms with Crippen LogP contribution in [-0.2, 0) is 15.0 Å². The molecule has 2 fully saturated rings. The first-order valence-corrected chi connectivity index (χ1v) is 13.3. The zero-order valence-corrected chi connectivity index (χ0v) is 22.5. The zero-order chi connectivity index (χ0) is 26.5. The molecule has 3 atom stereocenters. The van der Waals surface area contributed by atoms with E-state index in [0.29, 0.717) is 29.6 Å². The van der Waals surface area contributed by atoms with E-state index < -0.39 is 5.41 Å². The molecule has 3 unspecified atom stereocenters. The molecule has 2 aliphatic heterocycles. The van der Waals surface area contributed by atoms with Crippen LogP contribution in [0.1, 0.15) is 56.9 Å². The number of piperazine rings is 1. The van der Waals surface area contributed by atoms with Crippen molar-refractivity contribution in [3.63, 3.8) is 0 Å². The van der Waals surface area contributed by atoms with Gasteiger partial charge in [0.2, 0.25) is 5.91 Å². The van der Waals surface area contributed by atoms with Gasteiger partial charge in [-0.05, 0) is 57.2 Å². The molecule has 37 heavy (non-hydrogen) atoms. The van der Waals surface area contributed by atoms with Crippen LogP contribution in [0.15, 0.2) is 54.6 Å². The Morgan fingerprint density at radius 3 is 2.51 bits per heavy atom. The maximum Gasteiger partial charge on any atom is 0.259 e. The van der Waals surface area contributed by atoms with Crippen molar-refractivity contribution in [2.24, 2.45) is 10.9 Å². The van der Waals surface area contributed by atoms with E-state index in [0.717, 1.165) is 41.6 Å². The first-order chi connectivity index (χ1) is 17.7. The molecular formula is C30H33ClN4O2. The van der Waals surface area contributed by atoms with Gasteiger partial charge in [0.1, 0.15) is 5.84 Å². The second-order valence-corrected chi connectivity index (χ2v) is 11.0. The van der Waals surface area contributed by atoms with Crippen molar-refractivity contribution in [2.75, 3.05) is 13.1 Å². The number of carbonyl (C=O) groups excluding carboxylic acids is 2. The third kappa shape index (κ3) is 4.02. The van der Waals surface area contributed by atoms with Crippen molar-refractivity contribution in [3.8, 4) is 11.3 Å². The number of benzene rings is 1. The van der Waals surface area contributed by atoms with Crippen molar-refractivity contribution >= 4 is 35.3 Å². The number of fused-ring (bicyclic) bond motifs is 1. The average molecular weight is 517 g/mol. The molecule has 0 N–H and O–H groups in total. The van der Waals surface area contributed by atoms with Gasteiger partial charge in [0.25, 0.3) is 5.91 Å². The smallest absolute Gasteiger partial charge is 0.259 e. The Morgan fingerprint density at radius 2 is 1.86 bits per heavy atom. The monoisotopic (exact) mass is 516 g/mol. The van der Waals surface area contributed by atoms with Gasteiger partial charge in [-0.25, -0.2) is 4.98 Å². The number of pyridine rings is 1. The fourth-order valence-electron chi connectivity index (χ4n) is 5.93. The summed E-state index contributed by atoms with van der Waals surface area (Å²) < 4.78 is 0. The topological polar surface area (TPSA) is 65.9 Å². The summed E-state index contributed by atoms with van der Waals surface area (Å²) in [5, 5.41) is 0.507. The fourth-order valence-corrected chi connectivity index (χ4v) is 6.18. The number of rotatable bonds is 4. The molecule has 3 aliphatic rings. The number of aromatic nitrogens is 1. The van der Waals surface area contributed by atoms with Crippen molar-refractivity contribution < 1.29 is 9.59 Å². The first kappa shape index (κ1) is 25.4. The lowest BCUT2D eigenvalue weighted by Crippen LogP contribution is -2.60. The molecule has 0 bridgehead atoms. The Hall–Kier alpha value is -3.25. The molecule has 3 heterocycles. The van der Waals surface area contributed by atoms with Gasteiger partial charge in [-0.2, -0.15) is 4.99 Å². The van der Waals surface area contributed by atoms with E-state index in [2.05, 4.69) is 18.1 Å². The van der Waals surface area contributed by atoms with Crippen LogP contribution in [0.5, 0.6) is 0 Å². The normalized spacial score (nSPS) is 25.7. The lowest BCUT2D eigenvalue weighted by atomic mass is 9.62. The predicted molar refractivity (Wildman–Crippen MR) is 149 cm³/mol. The van der Waals surface area contributed by atoms with Gasteiger partial charge in [0.05, 0.1) is 21.8 Å². The highest BCUT2D eigenvalue weighted by molar-refractivity contribution is 6.33. The molecule has 6 nitrogen and oxygen atoms in total. The Kier molecular flexibility index (Phi) is 6.57. The summed E-state index contributed by atoms with van der Waals surface area (Å²) in [4.78, 5) is 40.1. The molecule has 2 aromatic rings. The van der Waals surface area contributed by atoms with Gasteiger partial charge < -0.3 is 9.80 Å². The molecule has 0 spiro atoms. The summed E-state index contributed by atoms with van der Waals surface area (Å²) in [6.07, 6.45) is 6.21. The molecule has 1 aromatic carbocycles.